The first-order valence-electron chi connectivity index (χ1n) is 7.88. The highest BCUT2D eigenvalue weighted by molar-refractivity contribution is 7.14. The van der Waals surface area contributed by atoms with Crippen LogP contribution in [0.4, 0.5) is 5.82 Å². The van der Waals surface area contributed by atoms with Gasteiger partial charge in [0.15, 0.2) is 5.15 Å². The predicted octanol–water partition coefficient (Wildman–Crippen LogP) is 2.85. The Labute approximate surface area is 148 Å². The van der Waals surface area contributed by atoms with Gasteiger partial charge in [-0.1, -0.05) is 16.8 Å². The number of aryl methyl sites for hydroxylation is 1. The lowest BCUT2D eigenvalue weighted by atomic mass is 10.1. The second-order valence-corrected chi connectivity index (χ2v) is 6.86. The Morgan fingerprint density at radius 1 is 1.46 bits per heavy atom. The zero-order chi connectivity index (χ0) is 16.7. The van der Waals surface area contributed by atoms with E-state index in [9.17, 15) is 0 Å². The molecular formula is C15H17ClN6OS. The molecule has 3 aromatic heterocycles. The number of morpholine rings is 1. The van der Waals surface area contributed by atoms with Crippen LogP contribution in [0.5, 0.6) is 0 Å². The van der Waals surface area contributed by atoms with E-state index in [0.717, 1.165) is 40.4 Å². The van der Waals surface area contributed by atoms with Crippen LogP contribution in [0.1, 0.15) is 13.8 Å². The maximum absolute atomic E-state index is 6.28. The molecule has 0 spiro atoms. The summed E-state index contributed by atoms with van der Waals surface area (Å²) >= 11 is 7.64. The summed E-state index contributed by atoms with van der Waals surface area (Å²) in [5.41, 5.74) is 2.70. The third-order valence-corrected chi connectivity index (χ3v) is 5.46. The zero-order valence-corrected chi connectivity index (χ0v) is 15.0. The third-order valence-electron chi connectivity index (χ3n) is 4.23. The highest BCUT2D eigenvalue weighted by Gasteiger charge is 2.24. The molecule has 7 nitrogen and oxygen atoms in total. The molecule has 0 aromatic carbocycles. The van der Waals surface area contributed by atoms with E-state index in [0.29, 0.717) is 18.4 Å². The first-order valence-corrected chi connectivity index (χ1v) is 9.03. The number of nitrogens with zero attached hydrogens (tertiary/aromatic N) is 6. The SMILES string of the molecule is CCn1nncc1-c1cc(N2CCOCC2C)nc2c(Cl)nsc12. The fourth-order valence-electron chi connectivity index (χ4n) is 2.99. The van der Waals surface area contributed by atoms with E-state index in [2.05, 4.69) is 32.6 Å². The van der Waals surface area contributed by atoms with Gasteiger partial charge in [-0.15, -0.1) is 5.10 Å². The molecule has 1 aliphatic rings. The number of ether oxygens (including phenoxy) is 1. The molecule has 1 unspecified atom stereocenters. The van der Waals surface area contributed by atoms with Gasteiger partial charge in [-0.25, -0.2) is 9.67 Å². The fraction of sp³-hybridized carbons (Fsp3) is 0.467. The maximum atomic E-state index is 6.28. The molecular weight excluding hydrogens is 348 g/mol. The summed E-state index contributed by atoms with van der Waals surface area (Å²) in [6.07, 6.45) is 1.78. The monoisotopic (exact) mass is 364 g/mol. The van der Waals surface area contributed by atoms with Gasteiger partial charge in [0.25, 0.3) is 0 Å². The molecule has 1 saturated heterocycles. The number of pyridine rings is 1. The molecule has 24 heavy (non-hydrogen) atoms. The molecule has 0 saturated carbocycles. The van der Waals surface area contributed by atoms with Gasteiger partial charge >= 0.3 is 0 Å². The summed E-state index contributed by atoms with van der Waals surface area (Å²) in [6, 6.07) is 2.35. The second kappa shape index (κ2) is 6.27. The van der Waals surface area contributed by atoms with E-state index >= 15 is 0 Å². The molecule has 1 aliphatic heterocycles. The Morgan fingerprint density at radius 2 is 2.33 bits per heavy atom. The summed E-state index contributed by atoms with van der Waals surface area (Å²) < 4.78 is 12.6. The highest BCUT2D eigenvalue weighted by Crippen LogP contribution is 2.37. The van der Waals surface area contributed by atoms with Gasteiger partial charge in [0.1, 0.15) is 11.3 Å². The van der Waals surface area contributed by atoms with Gasteiger partial charge in [0.2, 0.25) is 0 Å². The molecule has 3 aromatic rings. The minimum atomic E-state index is 0.260. The molecule has 4 heterocycles. The second-order valence-electron chi connectivity index (χ2n) is 5.73. The van der Waals surface area contributed by atoms with Crippen LogP contribution in [0.2, 0.25) is 5.15 Å². The van der Waals surface area contributed by atoms with Gasteiger partial charge < -0.3 is 9.64 Å². The summed E-state index contributed by atoms with van der Waals surface area (Å²) in [5.74, 6) is 0.888. The maximum Gasteiger partial charge on any atom is 0.169 e. The smallest absolute Gasteiger partial charge is 0.169 e. The van der Waals surface area contributed by atoms with Crippen molar-refractivity contribution in [2.24, 2.45) is 0 Å². The van der Waals surface area contributed by atoms with Gasteiger partial charge in [-0.3, -0.25) is 0 Å². The number of aromatic nitrogens is 5. The zero-order valence-electron chi connectivity index (χ0n) is 13.4. The van der Waals surface area contributed by atoms with Crippen LogP contribution in [0.15, 0.2) is 12.3 Å². The van der Waals surface area contributed by atoms with Crippen LogP contribution < -0.4 is 4.90 Å². The number of anilines is 1. The number of halogens is 1. The summed E-state index contributed by atoms with van der Waals surface area (Å²) in [5, 5.41) is 8.64. The van der Waals surface area contributed by atoms with Crippen LogP contribution in [0.25, 0.3) is 21.5 Å². The quantitative estimate of drug-likeness (QED) is 0.711. The van der Waals surface area contributed by atoms with Gasteiger partial charge in [0, 0.05) is 18.7 Å². The van der Waals surface area contributed by atoms with Gasteiger partial charge in [-0.05, 0) is 31.4 Å². The van der Waals surface area contributed by atoms with Crippen molar-refractivity contribution in [3.63, 3.8) is 0 Å². The molecule has 1 fully saturated rings. The summed E-state index contributed by atoms with van der Waals surface area (Å²) in [7, 11) is 0. The molecule has 4 rings (SSSR count). The number of fused-ring (bicyclic) bond motifs is 1. The number of hydrogen-bond acceptors (Lipinski definition) is 7. The van der Waals surface area contributed by atoms with Crippen molar-refractivity contribution in [1.82, 2.24) is 24.4 Å². The van der Waals surface area contributed by atoms with E-state index in [1.807, 2.05) is 11.6 Å². The molecule has 126 valence electrons. The average Bonchev–Trinajstić information content (AvgIpc) is 3.21. The predicted molar refractivity (Wildman–Crippen MR) is 94.7 cm³/mol. The Bertz CT molecular complexity index is 878. The lowest BCUT2D eigenvalue weighted by Gasteiger charge is -2.34. The largest absolute Gasteiger partial charge is 0.377 e. The van der Waals surface area contributed by atoms with Gasteiger partial charge in [0.05, 0.1) is 35.8 Å². The third kappa shape index (κ3) is 2.54. The molecule has 0 N–H and O–H groups in total. The summed E-state index contributed by atoms with van der Waals surface area (Å²) in [4.78, 5) is 7.02. The van der Waals surface area contributed by atoms with Crippen molar-refractivity contribution >= 4 is 39.2 Å². The average molecular weight is 365 g/mol. The Morgan fingerprint density at radius 3 is 3.12 bits per heavy atom. The number of rotatable bonds is 3. The van der Waals surface area contributed by atoms with E-state index in [4.69, 9.17) is 21.3 Å². The molecule has 0 bridgehead atoms. The van der Waals surface area contributed by atoms with Crippen LogP contribution in [0, 0.1) is 0 Å². The van der Waals surface area contributed by atoms with E-state index < -0.39 is 0 Å². The van der Waals surface area contributed by atoms with Crippen LogP contribution >= 0.6 is 23.1 Å². The highest BCUT2D eigenvalue weighted by atomic mass is 35.5. The molecule has 0 amide bonds. The van der Waals surface area contributed by atoms with E-state index in [-0.39, 0.29) is 6.04 Å². The lowest BCUT2D eigenvalue weighted by Crippen LogP contribution is -2.44. The first kappa shape index (κ1) is 15.7. The molecule has 0 radical (unpaired) electrons. The minimum Gasteiger partial charge on any atom is -0.377 e. The Kier molecular flexibility index (Phi) is 4.11. The van der Waals surface area contributed by atoms with E-state index in [1.165, 1.54) is 11.5 Å². The Hall–Kier alpha value is -1.77. The molecule has 1 atom stereocenters. The van der Waals surface area contributed by atoms with Crippen LogP contribution in [-0.2, 0) is 11.3 Å². The number of hydrogen-bond donors (Lipinski definition) is 0. The van der Waals surface area contributed by atoms with Crippen molar-refractivity contribution < 1.29 is 4.74 Å². The van der Waals surface area contributed by atoms with Crippen molar-refractivity contribution in [2.75, 3.05) is 24.7 Å². The first-order chi connectivity index (χ1) is 11.7. The van der Waals surface area contributed by atoms with Crippen molar-refractivity contribution in [3.05, 3.63) is 17.4 Å². The lowest BCUT2D eigenvalue weighted by molar-refractivity contribution is 0.0986. The molecule has 0 aliphatic carbocycles. The topological polar surface area (TPSA) is 69.0 Å². The van der Waals surface area contributed by atoms with Gasteiger partial charge in [-0.2, -0.15) is 4.37 Å². The normalized spacial score (nSPS) is 18.5. The van der Waals surface area contributed by atoms with Crippen molar-refractivity contribution in [3.8, 4) is 11.3 Å². The van der Waals surface area contributed by atoms with Crippen molar-refractivity contribution in [2.45, 2.75) is 26.4 Å². The van der Waals surface area contributed by atoms with Crippen molar-refractivity contribution in [1.29, 1.82) is 0 Å². The van der Waals surface area contributed by atoms with Crippen LogP contribution in [0.3, 0.4) is 0 Å². The molecule has 9 heteroatoms. The summed E-state index contributed by atoms with van der Waals surface area (Å²) in [6.45, 7) is 7.12. The van der Waals surface area contributed by atoms with E-state index in [1.54, 1.807) is 6.20 Å². The fourth-order valence-corrected chi connectivity index (χ4v) is 4.03. The van der Waals surface area contributed by atoms with Crippen LogP contribution in [-0.4, -0.2) is 50.2 Å². The minimum absolute atomic E-state index is 0.260. The Balaban J connectivity index is 1.92. The standard InChI is InChI=1S/C15H17ClN6OS/c1-3-22-11(7-17-20-22)10-6-12(21-4-5-23-8-9(21)2)18-13-14(10)24-19-15(13)16/h6-7,9H,3-5,8H2,1-2H3.